The van der Waals surface area contributed by atoms with E-state index in [1.807, 2.05) is 30.5 Å². The number of ether oxygens (including phenoxy) is 1. The maximum atomic E-state index is 12.8. The van der Waals surface area contributed by atoms with Gasteiger partial charge in [-0.3, -0.25) is 9.59 Å². The van der Waals surface area contributed by atoms with Crippen molar-refractivity contribution in [3.8, 4) is 0 Å². The van der Waals surface area contributed by atoms with Gasteiger partial charge in [-0.15, -0.1) is 0 Å². The van der Waals surface area contributed by atoms with Gasteiger partial charge in [0.25, 0.3) is 0 Å². The van der Waals surface area contributed by atoms with Crippen LogP contribution in [0.1, 0.15) is 28.8 Å². The van der Waals surface area contributed by atoms with E-state index in [-0.39, 0.29) is 18.8 Å². The van der Waals surface area contributed by atoms with E-state index < -0.39 is 11.8 Å². The summed E-state index contributed by atoms with van der Waals surface area (Å²) in [6, 6.07) is 13.2. The molecule has 128 valence electrons. The Morgan fingerprint density at radius 1 is 1.04 bits per heavy atom. The highest BCUT2D eigenvalue weighted by Crippen LogP contribution is 2.19. The number of hydrogen-bond acceptors (Lipinski definition) is 3. The number of halogens is 1. The average molecular weight is 339 g/mol. The zero-order valence-electron chi connectivity index (χ0n) is 13.6. The Hall–Kier alpha value is -2.95. The molecule has 0 amide bonds. The van der Waals surface area contributed by atoms with Crippen LogP contribution in [-0.4, -0.2) is 23.3 Å². The van der Waals surface area contributed by atoms with E-state index in [9.17, 15) is 14.0 Å². The Morgan fingerprint density at radius 2 is 1.80 bits per heavy atom. The van der Waals surface area contributed by atoms with Crippen molar-refractivity contribution in [3.05, 3.63) is 71.7 Å². The summed E-state index contributed by atoms with van der Waals surface area (Å²) in [5.41, 5.74) is 2.56. The van der Waals surface area contributed by atoms with Crippen LogP contribution in [-0.2, 0) is 16.0 Å². The lowest BCUT2D eigenvalue weighted by atomic mass is 10.1. The summed E-state index contributed by atoms with van der Waals surface area (Å²) in [6.45, 7) is -0.322. The van der Waals surface area contributed by atoms with Crippen LogP contribution in [0.4, 0.5) is 4.39 Å². The molecule has 0 saturated carbocycles. The summed E-state index contributed by atoms with van der Waals surface area (Å²) >= 11 is 0. The van der Waals surface area contributed by atoms with Gasteiger partial charge < -0.3 is 9.72 Å². The van der Waals surface area contributed by atoms with E-state index in [2.05, 4.69) is 4.98 Å². The van der Waals surface area contributed by atoms with E-state index in [1.165, 1.54) is 24.3 Å². The van der Waals surface area contributed by atoms with E-state index in [0.717, 1.165) is 22.9 Å². The number of hydrogen-bond donors (Lipinski definition) is 1. The minimum atomic E-state index is -0.411. The van der Waals surface area contributed by atoms with Crippen LogP contribution in [0.3, 0.4) is 0 Å². The molecular formula is C20H18FNO3. The molecule has 0 fully saturated rings. The van der Waals surface area contributed by atoms with Gasteiger partial charge in [-0.25, -0.2) is 4.39 Å². The molecule has 0 aliphatic carbocycles. The molecule has 0 saturated heterocycles. The number of esters is 1. The van der Waals surface area contributed by atoms with Crippen LogP contribution < -0.4 is 0 Å². The smallest absolute Gasteiger partial charge is 0.306 e. The third kappa shape index (κ3) is 4.32. The normalized spacial score (nSPS) is 10.8. The molecule has 3 rings (SSSR count). The minimum absolute atomic E-state index is 0.246. The number of Topliss-reactive ketones (excluding diaryl/α,β-unsaturated/α-hetero) is 1. The monoisotopic (exact) mass is 339 g/mol. The molecule has 0 spiro atoms. The number of nitrogens with one attached hydrogen (secondary N) is 1. The van der Waals surface area contributed by atoms with Crippen LogP contribution in [0.5, 0.6) is 0 Å². The molecule has 0 unspecified atom stereocenters. The highest BCUT2D eigenvalue weighted by atomic mass is 19.1. The van der Waals surface area contributed by atoms with Gasteiger partial charge in [0.1, 0.15) is 5.82 Å². The summed E-state index contributed by atoms with van der Waals surface area (Å²) in [4.78, 5) is 26.8. The quantitative estimate of drug-likeness (QED) is 0.522. The standard InChI is InChI=1S/C20H18FNO3/c21-16-10-8-14(9-11-16)19(23)13-25-20(24)7-3-4-15-12-22-18-6-2-1-5-17(15)18/h1-2,5-6,8-12,22H,3-4,7,13H2. The van der Waals surface area contributed by atoms with Gasteiger partial charge in [-0.1, -0.05) is 18.2 Å². The van der Waals surface area contributed by atoms with E-state index in [1.54, 1.807) is 0 Å². The third-order valence-electron chi connectivity index (χ3n) is 4.03. The number of rotatable bonds is 7. The van der Waals surface area contributed by atoms with Crippen molar-refractivity contribution >= 4 is 22.7 Å². The molecule has 5 heteroatoms. The summed E-state index contributed by atoms with van der Waals surface area (Å²) in [5.74, 6) is -1.16. The van der Waals surface area contributed by atoms with E-state index in [4.69, 9.17) is 4.74 Å². The lowest BCUT2D eigenvalue weighted by Crippen LogP contribution is -2.14. The van der Waals surface area contributed by atoms with Gasteiger partial charge in [-0.2, -0.15) is 0 Å². The average Bonchev–Trinajstić information content (AvgIpc) is 3.04. The Kier molecular flexibility index (Phi) is 5.23. The van der Waals surface area contributed by atoms with E-state index >= 15 is 0 Å². The number of H-pyrrole nitrogens is 1. The fourth-order valence-corrected chi connectivity index (χ4v) is 2.70. The van der Waals surface area contributed by atoms with Crippen molar-refractivity contribution < 1.29 is 18.7 Å². The molecule has 4 nitrogen and oxygen atoms in total. The molecule has 0 atom stereocenters. The zero-order chi connectivity index (χ0) is 17.6. The van der Waals surface area contributed by atoms with Gasteiger partial charge in [-0.05, 0) is 48.7 Å². The zero-order valence-corrected chi connectivity index (χ0v) is 13.6. The molecule has 0 aliphatic rings. The first kappa shape index (κ1) is 16.9. The molecule has 1 aromatic heterocycles. The number of benzene rings is 2. The summed E-state index contributed by atoms with van der Waals surface area (Å²) in [7, 11) is 0. The SMILES string of the molecule is O=C(CCCc1c[nH]c2ccccc12)OCC(=O)c1ccc(F)cc1. The predicted molar refractivity (Wildman–Crippen MR) is 92.9 cm³/mol. The molecular weight excluding hydrogens is 321 g/mol. The lowest BCUT2D eigenvalue weighted by Gasteiger charge is -2.04. The second-order valence-corrected chi connectivity index (χ2v) is 5.80. The maximum Gasteiger partial charge on any atom is 0.306 e. The van der Waals surface area contributed by atoms with E-state index in [0.29, 0.717) is 12.0 Å². The highest BCUT2D eigenvalue weighted by molar-refractivity contribution is 5.97. The molecule has 1 heterocycles. The van der Waals surface area contributed by atoms with Crippen LogP contribution in [0, 0.1) is 5.82 Å². The number of para-hydroxylation sites is 1. The van der Waals surface area contributed by atoms with Crippen LogP contribution >= 0.6 is 0 Å². The summed E-state index contributed by atoms with van der Waals surface area (Å²) in [6.07, 6.45) is 3.60. The number of ketones is 1. The molecule has 1 N–H and O–H groups in total. The Morgan fingerprint density at radius 3 is 2.60 bits per heavy atom. The molecule has 25 heavy (non-hydrogen) atoms. The number of aryl methyl sites for hydroxylation is 1. The molecule has 0 aliphatic heterocycles. The fraction of sp³-hybridized carbons (Fsp3) is 0.200. The van der Waals surface area contributed by atoms with Crippen molar-refractivity contribution in [3.63, 3.8) is 0 Å². The first-order chi connectivity index (χ1) is 12.1. The van der Waals surface area contributed by atoms with Crippen LogP contribution in [0.15, 0.2) is 54.7 Å². The maximum absolute atomic E-state index is 12.8. The fourth-order valence-electron chi connectivity index (χ4n) is 2.70. The number of aromatic amines is 1. The minimum Gasteiger partial charge on any atom is -0.457 e. The van der Waals surface area contributed by atoms with Crippen molar-refractivity contribution in [1.29, 1.82) is 0 Å². The predicted octanol–water partition coefficient (Wildman–Crippen LogP) is 4.06. The molecule has 0 bridgehead atoms. The van der Waals surface area contributed by atoms with Gasteiger partial charge in [0.15, 0.2) is 12.4 Å². The van der Waals surface area contributed by atoms with Crippen molar-refractivity contribution in [1.82, 2.24) is 4.98 Å². The van der Waals surface area contributed by atoms with Crippen LogP contribution in [0.2, 0.25) is 0 Å². The third-order valence-corrected chi connectivity index (χ3v) is 4.03. The van der Waals surface area contributed by atoms with Crippen LogP contribution in [0.25, 0.3) is 10.9 Å². The second-order valence-electron chi connectivity index (χ2n) is 5.80. The Labute approximate surface area is 144 Å². The summed E-state index contributed by atoms with van der Waals surface area (Å²) in [5, 5.41) is 1.15. The Balaban J connectivity index is 1.44. The number of carbonyl (C=O) groups is 2. The second kappa shape index (κ2) is 7.75. The van der Waals surface area contributed by atoms with Crippen molar-refractivity contribution in [2.24, 2.45) is 0 Å². The largest absolute Gasteiger partial charge is 0.457 e. The first-order valence-corrected chi connectivity index (χ1v) is 8.13. The van der Waals surface area contributed by atoms with Gasteiger partial charge in [0, 0.05) is 29.1 Å². The summed E-state index contributed by atoms with van der Waals surface area (Å²) < 4.78 is 17.8. The van der Waals surface area contributed by atoms with Gasteiger partial charge in [0.05, 0.1) is 0 Å². The molecule has 3 aromatic rings. The highest BCUT2D eigenvalue weighted by Gasteiger charge is 2.11. The molecule has 2 aromatic carbocycles. The van der Waals surface area contributed by atoms with Crippen molar-refractivity contribution in [2.45, 2.75) is 19.3 Å². The lowest BCUT2D eigenvalue weighted by molar-refractivity contribution is -0.142. The van der Waals surface area contributed by atoms with Gasteiger partial charge in [0.2, 0.25) is 0 Å². The Bertz CT molecular complexity index is 883. The number of fused-ring (bicyclic) bond motifs is 1. The number of carbonyl (C=O) groups excluding carboxylic acids is 2. The topological polar surface area (TPSA) is 59.2 Å². The first-order valence-electron chi connectivity index (χ1n) is 8.13. The number of aromatic nitrogens is 1. The van der Waals surface area contributed by atoms with Crippen molar-refractivity contribution in [2.75, 3.05) is 6.61 Å². The van der Waals surface area contributed by atoms with Gasteiger partial charge >= 0.3 is 5.97 Å². The molecule has 0 radical (unpaired) electrons.